The number of esters is 1. The Kier molecular flexibility index (Phi) is 6.65. The van der Waals surface area contributed by atoms with Gasteiger partial charge in [-0.25, -0.2) is 9.18 Å². The van der Waals surface area contributed by atoms with E-state index in [0.717, 1.165) is 44.1 Å². The average Bonchev–Trinajstić information content (AvgIpc) is 2.68. The van der Waals surface area contributed by atoms with Gasteiger partial charge in [0.1, 0.15) is 11.9 Å². The van der Waals surface area contributed by atoms with Crippen LogP contribution in [0.5, 0.6) is 0 Å². The molecule has 1 heterocycles. The molecule has 0 spiro atoms. The molecule has 1 atom stereocenters. The summed E-state index contributed by atoms with van der Waals surface area (Å²) in [4.78, 5) is 12.4. The molecule has 0 aromatic heterocycles. The fraction of sp³-hybridized carbons (Fsp3) is 0.458. The van der Waals surface area contributed by atoms with Gasteiger partial charge in [0.25, 0.3) is 0 Å². The number of carbonyl (C=O) groups is 1. The van der Waals surface area contributed by atoms with Crippen LogP contribution in [0.25, 0.3) is 0 Å². The van der Waals surface area contributed by atoms with Gasteiger partial charge in [0, 0.05) is 6.42 Å². The molecule has 0 radical (unpaired) electrons. The van der Waals surface area contributed by atoms with Crippen LogP contribution in [-0.4, -0.2) is 12.1 Å². The minimum absolute atomic E-state index is 0.112. The number of hydrogen-bond acceptors (Lipinski definition) is 2. The van der Waals surface area contributed by atoms with E-state index >= 15 is 0 Å². The molecule has 1 aliphatic heterocycles. The second-order valence-electron chi connectivity index (χ2n) is 7.47. The number of cyclic esters (lactones) is 1. The molecule has 1 aliphatic rings. The molecule has 1 unspecified atom stereocenters. The van der Waals surface area contributed by atoms with Crippen molar-refractivity contribution in [3.05, 3.63) is 70.0 Å². The first-order valence-electron chi connectivity index (χ1n) is 10.2. The molecular weight excluding hydrogens is 339 g/mol. The standard InChI is InChI=1S/C24H29FO2/c1-3-5-6-7-21-16-20-15-14-19(23(25)22(20)24(26)27-21)13-12-18-10-8-17(4-2)9-11-18/h8-11,14-15,21H,3-7,12-13,16H2,1-2H3. The number of halogens is 1. The van der Waals surface area contributed by atoms with Gasteiger partial charge >= 0.3 is 5.97 Å². The summed E-state index contributed by atoms with van der Waals surface area (Å²) < 4.78 is 20.5. The van der Waals surface area contributed by atoms with Gasteiger partial charge in [0.2, 0.25) is 0 Å². The Labute approximate surface area is 161 Å². The number of carbonyl (C=O) groups excluding carboxylic acids is 1. The Morgan fingerprint density at radius 3 is 2.44 bits per heavy atom. The van der Waals surface area contributed by atoms with Crippen molar-refractivity contribution >= 4 is 5.97 Å². The van der Waals surface area contributed by atoms with Crippen molar-refractivity contribution in [2.45, 2.75) is 71.3 Å². The number of ether oxygens (including phenoxy) is 1. The molecule has 2 aromatic rings. The van der Waals surface area contributed by atoms with Crippen LogP contribution in [-0.2, 0) is 30.4 Å². The molecule has 2 nitrogen and oxygen atoms in total. The maximum atomic E-state index is 15.0. The van der Waals surface area contributed by atoms with E-state index in [9.17, 15) is 9.18 Å². The maximum Gasteiger partial charge on any atom is 0.341 e. The van der Waals surface area contributed by atoms with Gasteiger partial charge in [0.05, 0.1) is 5.56 Å². The van der Waals surface area contributed by atoms with Gasteiger partial charge < -0.3 is 4.74 Å². The van der Waals surface area contributed by atoms with Crippen LogP contribution in [0, 0.1) is 5.82 Å². The van der Waals surface area contributed by atoms with Crippen molar-refractivity contribution in [1.82, 2.24) is 0 Å². The fourth-order valence-electron chi connectivity index (χ4n) is 3.74. The van der Waals surface area contributed by atoms with Crippen molar-refractivity contribution in [3.63, 3.8) is 0 Å². The molecule has 144 valence electrons. The largest absolute Gasteiger partial charge is 0.458 e. The zero-order valence-corrected chi connectivity index (χ0v) is 16.4. The summed E-state index contributed by atoms with van der Waals surface area (Å²) in [6.45, 7) is 4.28. The topological polar surface area (TPSA) is 26.3 Å². The van der Waals surface area contributed by atoms with E-state index in [0.29, 0.717) is 18.4 Å². The van der Waals surface area contributed by atoms with Crippen molar-refractivity contribution < 1.29 is 13.9 Å². The van der Waals surface area contributed by atoms with E-state index in [1.54, 1.807) is 0 Å². The number of benzene rings is 2. The van der Waals surface area contributed by atoms with Gasteiger partial charge in [-0.15, -0.1) is 0 Å². The minimum Gasteiger partial charge on any atom is -0.458 e. The second-order valence-corrected chi connectivity index (χ2v) is 7.47. The highest BCUT2D eigenvalue weighted by Gasteiger charge is 2.30. The van der Waals surface area contributed by atoms with Gasteiger partial charge in [-0.2, -0.15) is 0 Å². The molecule has 0 saturated carbocycles. The third kappa shape index (κ3) is 4.77. The summed E-state index contributed by atoms with van der Waals surface area (Å²) in [5, 5.41) is 0. The summed E-state index contributed by atoms with van der Waals surface area (Å²) in [6.07, 6.45) is 7.04. The van der Waals surface area contributed by atoms with Gasteiger partial charge in [-0.3, -0.25) is 0 Å². The first-order chi connectivity index (χ1) is 13.1. The predicted octanol–water partition coefficient (Wildman–Crippen LogP) is 5.84. The summed E-state index contributed by atoms with van der Waals surface area (Å²) >= 11 is 0. The molecule has 0 fully saturated rings. The van der Waals surface area contributed by atoms with Crippen LogP contribution >= 0.6 is 0 Å². The van der Waals surface area contributed by atoms with Crippen LogP contribution < -0.4 is 0 Å². The van der Waals surface area contributed by atoms with E-state index in [4.69, 9.17) is 4.74 Å². The number of fused-ring (bicyclic) bond motifs is 1. The first-order valence-corrected chi connectivity index (χ1v) is 10.2. The van der Waals surface area contributed by atoms with E-state index in [1.807, 2.05) is 12.1 Å². The normalized spacial score (nSPS) is 16.1. The molecule has 3 heteroatoms. The van der Waals surface area contributed by atoms with Crippen molar-refractivity contribution in [3.8, 4) is 0 Å². The lowest BCUT2D eigenvalue weighted by molar-refractivity contribution is 0.0224. The minimum atomic E-state index is -0.496. The molecule has 0 amide bonds. The summed E-state index contributed by atoms with van der Waals surface area (Å²) in [7, 11) is 0. The maximum absolute atomic E-state index is 15.0. The quantitative estimate of drug-likeness (QED) is 0.432. The van der Waals surface area contributed by atoms with Gasteiger partial charge in [0.15, 0.2) is 0 Å². The Bertz CT molecular complexity index is 780. The Morgan fingerprint density at radius 2 is 1.74 bits per heavy atom. The summed E-state index contributed by atoms with van der Waals surface area (Å²) in [5.41, 5.74) is 4.02. The van der Waals surface area contributed by atoms with Crippen LogP contribution in [0.3, 0.4) is 0 Å². The van der Waals surface area contributed by atoms with E-state index < -0.39 is 11.8 Å². The van der Waals surface area contributed by atoms with Crippen LogP contribution in [0.4, 0.5) is 4.39 Å². The second kappa shape index (κ2) is 9.16. The molecular formula is C24H29FO2. The van der Waals surface area contributed by atoms with Gasteiger partial charge in [-0.1, -0.05) is 63.1 Å². The monoisotopic (exact) mass is 368 g/mol. The Hall–Kier alpha value is -2.16. The smallest absolute Gasteiger partial charge is 0.341 e. The number of hydrogen-bond donors (Lipinski definition) is 0. The van der Waals surface area contributed by atoms with Crippen LogP contribution in [0.1, 0.15) is 72.1 Å². The molecule has 3 rings (SSSR count). The lowest BCUT2D eigenvalue weighted by Crippen LogP contribution is -2.29. The van der Waals surface area contributed by atoms with Crippen LogP contribution in [0.15, 0.2) is 36.4 Å². The first kappa shape index (κ1) is 19.6. The lowest BCUT2D eigenvalue weighted by Gasteiger charge is -2.25. The molecule has 0 aliphatic carbocycles. The summed E-state index contributed by atoms with van der Waals surface area (Å²) in [5.74, 6) is -0.890. The van der Waals surface area contributed by atoms with Gasteiger partial charge in [-0.05, 0) is 54.4 Å². The van der Waals surface area contributed by atoms with E-state index in [2.05, 4.69) is 38.1 Å². The third-order valence-electron chi connectivity index (χ3n) is 5.48. The fourth-order valence-corrected chi connectivity index (χ4v) is 3.74. The highest BCUT2D eigenvalue weighted by atomic mass is 19.1. The van der Waals surface area contributed by atoms with Crippen molar-refractivity contribution in [2.75, 3.05) is 0 Å². The molecule has 2 aromatic carbocycles. The SMILES string of the molecule is CCCCCC1Cc2ccc(CCc3ccc(CC)cc3)c(F)c2C(=O)O1. The molecule has 27 heavy (non-hydrogen) atoms. The van der Waals surface area contributed by atoms with Crippen molar-refractivity contribution in [1.29, 1.82) is 0 Å². The highest BCUT2D eigenvalue weighted by Crippen LogP contribution is 2.28. The highest BCUT2D eigenvalue weighted by molar-refractivity contribution is 5.92. The number of unbranched alkanes of at least 4 members (excludes halogenated alkanes) is 2. The molecule has 0 N–H and O–H groups in total. The predicted molar refractivity (Wildman–Crippen MR) is 107 cm³/mol. The van der Waals surface area contributed by atoms with E-state index in [1.165, 1.54) is 11.1 Å². The Morgan fingerprint density at radius 1 is 1.00 bits per heavy atom. The lowest BCUT2D eigenvalue weighted by atomic mass is 9.92. The third-order valence-corrected chi connectivity index (χ3v) is 5.48. The molecule has 0 bridgehead atoms. The zero-order chi connectivity index (χ0) is 19.2. The Balaban J connectivity index is 1.69. The number of rotatable bonds is 8. The molecule has 0 saturated heterocycles. The van der Waals surface area contributed by atoms with E-state index in [-0.39, 0.29) is 11.7 Å². The number of aryl methyl sites for hydroxylation is 3. The van der Waals surface area contributed by atoms with Crippen molar-refractivity contribution in [2.24, 2.45) is 0 Å². The van der Waals surface area contributed by atoms with Crippen LogP contribution in [0.2, 0.25) is 0 Å². The average molecular weight is 368 g/mol. The summed E-state index contributed by atoms with van der Waals surface area (Å²) in [6, 6.07) is 12.2. The zero-order valence-electron chi connectivity index (χ0n) is 16.4.